The summed E-state index contributed by atoms with van der Waals surface area (Å²) in [5.74, 6) is 8.06. The van der Waals surface area contributed by atoms with Crippen LogP contribution < -0.4 is 4.40 Å². The molecule has 45 heavy (non-hydrogen) atoms. The van der Waals surface area contributed by atoms with Gasteiger partial charge in [-0.2, -0.15) is 0 Å². The second-order valence-electron chi connectivity index (χ2n) is 11.8. The van der Waals surface area contributed by atoms with Gasteiger partial charge in [-0.25, -0.2) is 0 Å². The van der Waals surface area contributed by atoms with E-state index in [4.69, 9.17) is 9.40 Å². The Labute approximate surface area is 282 Å². The van der Waals surface area contributed by atoms with Crippen molar-refractivity contribution in [3.63, 3.8) is 0 Å². The molecule has 1 radical (unpaired) electrons. The molecule has 0 amide bonds. The molecule has 0 fully saturated rings. The number of hydrogen-bond acceptors (Lipinski definition) is 3. The van der Waals surface area contributed by atoms with Crippen LogP contribution >= 0.6 is 0 Å². The molecule has 7 aromatic rings. The number of pyridine rings is 2. The predicted molar refractivity (Wildman–Crippen MR) is 185 cm³/mol. The molecule has 0 spiro atoms. The van der Waals surface area contributed by atoms with Crippen LogP contribution in [0.1, 0.15) is 5.56 Å². The third-order valence-corrected chi connectivity index (χ3v) is 11.9. The van der Waals surface area contributed by atoms with Crippen molar-refractivity contribution in [1.82, 2.24) is 9.97 Å². The zero-order chi connectivity index (χ0) is 30.5. The fourth-order valence-corrected chi connectivity index (χ4v) is 7.39. The first-order valence-corrected chi connectivity index (χ1v) is 22.2. The zero-order valence-corrected chi connectivity index (χ0v) is 30.3. The Hall–Kier alpha value is -4.09. The van der Waals surface area contributed by atoms with Crippen LogP contribution in [0.2, 0.25) is 17.3 Å². The minimum atomic E-state index is -1.91. The molecule has 5 heteroatoms. The number of fused-ring (bicyclic) bond motifs is 1. The van der Waals surface area contributed by atoms with E-state index in [1.54, 1.807) is 6.20 Å². The quantitative estimate of drug-likeness (QED) is 0.128. The van der Waals surface area contributed by atoms with E-state index in [2.05, 4.69) is 102 Å². The predicted octanol–water partition coefficient (Wildman–Crippen LogP) is 10.0. The number of hydrogen-bond donors (Lipinski definition) is 0. The molecule has 0 unspecified atom stereocenters. The largest absolute Gasteiger partial charge is 0.305 e. The third-order valence-electron chi connectivity index (χ3n) is 7.63. The van der Waals surface area contributed by atoms with E-state index in [9.17, 15) is 0 Å². The normalized spacial score (nSPS) is 10.9. The van der Waals surface area contributed by atoms with E-state index in [1.807, 2.05) is 66.7 Å². The van der Waals surface area contributed by atoms with Crippen molar-refractivity contribution in [3.05, 3.63) is 151 Å². The van der Waals surface area contributed by atoms with Crippen molar-refractivity contribution in [3.8, 4) is 45.0 Å². The number of aryl methyl sites for hydroxylation is 1. The van der Waals surface area contributed by atoms with Crippen molar-refractivity contribution in [1.29, 1.82) is 0 Å². The maximum atomic E-state index is 6.41. The smallest absolute Gasteiger partial charge is 0.0160 e. The van der Waals surface area contributed by atoms with Crippen LogP contribution in [0, 0.1) is 19.1 Å². The second kappa shape index (κ2) is 14.3. The number of furan rings is 1. The molecule has 3 aromatic heterocycles. The van der Waals surface area contributed by atoms with Crippen LogP contribution in [-0.4, -0.2) is 23.2 Å². The Kier molecular flexibility index (Phi) is 10.3. The SMILES string of the molecule is Cc1c(-c2ccccc2)oc2[c-]c(-c3cc[c]([Ge]([CH3])([CH3])[CH3])cn3)cc(-c3ccccc3)c12.[Ir].[c-]1ccccc1-c1ccccn1. The van der Waals surface area contributed by atoms with Crippen molar-refractivity contribution in [2.45, 2.75) is 24.2 Å². The first kappa shape index (κ1) is 32.3. The topological polar surface area (TPSA) is 38.9 Å². The summed E-state index contributed by atoms with van der Waals surface area (Å²) in [4.78, 5) is 9.04. The fraction of sp³-hybridized carbons (Fsp3) is 0.100. The van der Waals surface area contributed by atoms with Gasteiger partial charge in [0, 0.05) is 26.3 Å². The van der Waals surface area contributed by atoms with E-state index in [-0.39, 0.29) is 20.1 Å². The summed E-state index contributed by atoms with van der Waals surface area (Å²) in [5, 5.41) is 1.11. The van der Waals surface area contributed by atoms with Gasteiger partial charge in [0.05, 0.1) is 0 Å². The van der Waals surface area contributed by atoms with Crippen LogP contribution in [0.15, 0.2) is 138 Å². The number of aromatic nitrogens is 2. The molecule has 0 aliphatic heterocycles. The van der Waals surface area contributed by atoms with Gasteiger partial charge in [-0.15, -0.1) is 35.9 Å². The summed E-state index contributed by atoms with van der Waals surface area (Å²) in [6.07, 6.45) is 3.84. The molecule has 7 rings (SSSR count). The van der Waals surface area contributed by atoms with Crippen molar-refractivity contribution in [2.75, 3.05) is 0 Å². The van der Waals surface area contributed by atoms with Gasteiger partial charge in [0.25, 0.3) is 0 Å². The molecule has 0 saturated heterocycles. The van der Waals surface area contributed by atoms with E-state index in [1.165, 1.54) is 4.40 Å². The summed E-state index contributed by atoms with van der Waals surface area (Å²) in [6.45, 7) is 2.14. The van der Waals surface area contributed by atoms with Gasteiger partial charge in [-0.1, -0.05) is 18.2 Å². The van der Waals surface area contributed by atoms with E-state index in [0.717, 1.165) is 61.5 Å². The monoisotopic (exact) mass is 825 g/mol. The van der Waals surface area contributed by atoms with Gasteiger partial charge in [0.1, 0.15) is 0 Å². The number of rotatable bonds is 5. The van der Waals surface area contributed by atoms with Crippen LogP contribution in [0.4, 0.5) is 0 Å². The second-order valence-corrected chi connectivity index (χ2v) is 22.4. The molecule has 0 aliphatic rings. The van der Waals surface area contributed by atoms with Crippen LogP contribution in [0.5, 0.6) is 0 Å². The van der Waals surface area contributed by atoms with Crippen molar-refractivity contribution in [2.24, 2.45) is 0 Å². The third kappa shape index (κ3) is 7.42. The number of benzene rings is 4. The summed E-state index contributed by atoms with van der Waals surface area (Å²) in [7, 11) is 0. The Bertz CT molecular complexity index is 1930. The summed E-state index contributed by atoms with van der Waals surface area (Å²) in [5.41, 5.74) is 9.20. The minimum absolute atomic E-state index is 0. The molecule has 4 aromatic carbocycles. The molecular weight excluding hydrogens is 789 g/mol. The van der Waals surface area contributed by atoms with Crippen LogP contribution in [0.25, 0.3) is 55.9 Å². The summed E-state index contributed by atoms with van der Waals surface area (Å²) < 4.78 is 7.81. The zero-order valence-electron chi connectivity index (χ0n) is 25.8. The molecule has 0 saturated carbocycles. The molecule has 0 aliphatic carbocycles. The Morgan fingerprint density at radius 2 is 1.33 bits per heavy atom. The van der Waals surface area contributed by atoms with Crippen LogP contribution in [-0.2, 0) is 20.1 Å². The first-order valence-electron chi connectivity index (χ1n) is 14.8. The maximum Gasteiger partial charge on any atom is 0.0160 e. The molecule has 0 N–H and O–H groups in total. The van der Waals surface area contributed by atoms with Crippen molar-refractivity contribution < 1.29 is 24.5 Å². The molecular formula is C40H34GeIrN2O-2. The van der Waals surface area contributed by atoms with Crippen molar-refractivity contribution >= 4 is 28.6 Å². The molecule has 3 heterocycles. The Morgan fingerprint density at radius 3 is 1.93 bits per heavy atom. The molecule has 0 bridgehead atoms. The Morgan fingerprint density at radius 1 is 0.667 bits per heavy atom. The number of nitrogens with zero attached hydrogens (tertiary/aromatic N) is 2. The van der Waals surface area contributed by atoms with Gasteiger partial charge in [-0.05, 0) is 11.8 Å². The average molecular weight is 824 g/mol. The minimum Gasteiger partial charge on any atom is -0.305 e. The standard InChI is InChI=1S/C29H26GeNO.C11H8N.Ir/c1-20-28-25(21-11-7-5-8-12-21)17-23(26-16-15-24(19-31-26)30(2,3)4)18-27(28)32-29(20)22-13-9-6-10-14-22;1-2-6-10(7-3-1)11-8-4-5-9-12-11;/h5-17,19H,1-4H3;1-6,8-9H;/q2*-1;. The van der Waals surface area contributed by atoms with Gasteiger partial charge >= 0.3 is 187 Å². The van der Waals surface area contributed by atoms with Crippen LogP contribution in [0.3, 0.4) is 0 Å². The summed E-state index contributed by atoms with van der Waals surface area (Å²) >= 11 is -1.91. The average Bonchev–Trinajstić information content (AvgIpc) is 3.42. The molecule has 3 nitrogen and oxygen atoms in total. The molecule has 0 atom stereocenters. The molecule has 225 valence electrons. The fourth-order valence-electron chi connectivity index (χ4n) is 5.22. The van der Waals surface area contributed by atoms with Gasteiger partial charge in [0.15, 0.2) is 0 Å². The van der Waals surface area contributed by atoms with Gasteiger partial charge in [-0.3, -0.25) is 0 Å². The van der Waals surface area contributed by atoms with E-state index in [0.29, 0.717) is 0 Å². The maximum absolute atomic E-state index is 6.41. The van der Waals surface area contributed by atoms with Gasteiger partial charge < -0.3 is 4.98 Å². The van der Waals surface area contributed by atoms with Gasteiger partial charge in [0.2, 0.25) is 0 Å². The Balaban J connectivity index is 0.000000258. The van der Waals surface area contributed by atoms with E-state index >= 15 is 0 Å². The van der Waals surface area contributed by atoms with E-state index < -0.39 is 13.3 Å². The summed E-state index contributed by atoms with van der Waals surface area (Å²) in [6, 6.07) is 47.7. The first-order chi connectivity index (χ1) is 21.4.